The van der Waals surface area contributed by atoms with Gasteiger partial charge in [-0.15, -0.1) is 0 Å². The summed E-state index contributed by atoms with van der Waals surface area (Å²) in [6, 6.07) is 0. The zero-order valence-electron chi connectivity index (χ0n) is 5.18. The number of hydrogen-bond donors (Lipinski definition) is 0. The fourth-order valence-electron chi connectivity index (χ4n) is 1.63. The van der Waals surface area contributed by atoms with E-state index in [9.17, 15) is 0 Å². The predicted molar refractivity (Wildman–Crippen MR) is 31.3 cm³/mol. The third kappa shape index (κ3) is 0.408. The molecule has 0 N–H and O–H groups in total. The van der Waals surface area contributed by atoms with Crippen molar-refractivity contribution in [3.8, 4) is 0 Å². The highest BCUT2D eigenvalue weighted by Gasteiger charge is 2.56. The second kappa shape index (κ2) is 1.27. The van der Waals surface area contributed by atoms with E-state index in [4.69, 9.17) is 4.74 Å². The Kier molecular flexibility index (Phi) is 0.762. The van der Waals surface area contributed by atoms with Crippen LogP contribution >= 0.6 is 0 Å². The second-order valence-electron chi connectivity index (χ2n) is 2.94. The van der Waals surface area contributed by atoms with Gasteiger partial charge in [-0.2, -0.15) is 0 Å². The van der Waals surface area contributed by atoms with E-state index < -0.39 is 0 Å². The molecule has 1 heterocycles. The monoisotopic (exact) mass is 111 g/mol. The largest absolute Gasteiger partial charge is 0.381 e. The summed E-state index contributed by atoms with van der Waals surface area (Å²) in [6.07, 6.45) is 3.70. The molecule has 1 aliphatic heterocycles. The van der Waals surface area contributed by atoms with Gasteiger partial charge >= 0.3 is 0 Å². The molecule has 1 aliphatic carbocycles. The van der Waals surface area contributed by atoms with Gasteiger partial charge < -0.3 is 4.74 Å². The van der Waals surface area contributed by atoms with Crippen LogP contribution in [0.1, 0.15) is 13.3 Å². The lowest BCUT2D eigenvalue weighted by atomic mass is 10.0. The van der Waals surface area contributed by atoms with Crippen molar-refractivity contribution in [3.05, 3.63) is 6.42 Å². The molecule has 2 rings (SSSR count). The Morgan fingerprint density at radius 3 is 2.88 bits per heavy atom. The van der Waals surface area contributed by atoms with Crippen LogP contribution in [0.5, 0.6) is 0 Å². The van der Waals surface area contributed by atoms with E-state index in [2.05, 4.69) is 13.3 Å². The fourth-order valence-corrected chi connectivity index (χ4v) is 1.63. The summed E-state index contributed by atoms with van der Waals surface area (Å²) >= 11 is 0. The Balaban J connectivity index is 2.08. The van der Waals surface area contributed by atoms with E-state index in [0.717, 1.165) is 19.1 Å². The molecule has 0 amide bonds. The first-order valence-electron chi connectivity index (χ1n) is 3.26. The molecule has 2 fully saturated rings. The third-order valence-electron chi connectivity index (χ3n) is 2.54. The Labute approximate surface area is 50.0 Å². The van der Waals surface area contributed by atoms with Gasteiger partial charge in [0.1, 0.15) is 0 Å². The van der Waals surface area contributed by atoms with Crippen LogP contribution < -0.4 is 0 Å². The first-order valence-corrected chi connectivity index (χ1v) is 3.26. The zero-order valence-corrected chi connectivity index (χ0v) is 5.18. The van der Waals surface area contributed by atoms with Gasteiger partial charge in [-0.1, -0.05) is 6.92 Å². The van der Waals surface area contributed by atoms with Crippen molar-refractivity contribution >= 4 is 0 Å². The van der Waals surface area contributed by atoms with Crippen LogP contribution in [0, 0.1) is 17.8 Å². The number of ether oxygens (including phenoxy) is 1. The summed E-state index contributed by atoms with van der Waals surface area (Å²) in [6.45, 7) is 4.16. The standard InChI is InChI=1S/C7H11O/c1-2-7-3-6(7)4-8-5-7/h2,6H,3-5H2,1H3. The van der Waals surface area contributed by atoms with Crippen LogP contribution in [-0.4, -0.2) is 13.2 Å². The molecule has 1 saturated carbocycles. The molecule has 1 nitrogen and oxygen atoms in total. The van der Waals surface area contributed by atoms with Crippen LogP contribution in [0.15, 0.2) is 0 Å². The third-order valence-corrected chi connectivity index (χ3v) is 2.54. The van der Waals surface area contributed by atoms with Crippen molar-refractivity contribution in [2.24, 2.45) is 11.3 Å². The molecule has 1 saturated heterocycles. The van der Waals surface area contributed by atoms with E-state index >= 15 is 0 Å². The maximum atomic E-state index is 5.27. The van der Waals surface area contributed by atoms with Gasteiger partial charge in [0.05, 0.1) is 13.2 Å². The lowest BCUT2D eigenvalue weighted by Gasteiger charge is -2.03. The molecule has 0 aromatic carbocycles. The van der Waals surface area contributed by atoms with Gasteiger partial charge in [-0.05, 0) is 18.8 Å². The predicted octanol–water partition coefficient (Wildman–Crippen LogP) is 1.25. The van der Waals surface area contributed by atoms with Gasteiger partial charge in [0.2, 0.25) is 0 Å². The molecule has 2 unspecified atom stereocenters. The van der Waals surface area contributed by atoms with Crippen molar-refractivity contribution in [1.82, 2.24) is 0 Å². The molecule has 1 heteroatoms. The van der Waals surface area contributed by atoms with Gasteiger partial charge in [0.15, 0.2) is 0 Å². The number of rotatable bonds is 1. The molecule has 0 spiro atoms. The second-order valence-corrected chi connectivity index (χ2v) is 2.94. The molecule has 0 bridgehead atoms. The molecular weight excluding hydrogens is 100 g/mol. The molecule has 1 radical (unpaired) electrons. The Morgan fingerprint density at radius 2 is 2.62 bits per heavy atom. The first kappa shape index (κ1) is 4.80. The zero-order chi connectivity index (χ0) is 5.61. The summed E-state index contributed by atoms with van der Waals surface area (Å²) in [7, 11) is 0. The molecular formula is C7H11O. The lowest BCUT2D eigenvalue weighted by Crippen LogP contribution is -2.02. The highest BCUT2D eigenvalue weighted by Crippen LogP contribution is 2.58. The maximum Gasteiger partial charge on any atom is 0.0528 e. The SMILES string of the molecule is C[CH]C12COCC1C2. The first-order chi connectivity index (χ1) is 3.87. The highest BCUT2D eigenvalue weighted by atomic mass is 16.5. The lowest BCUT2D eigenvalue weighted by molar-refractivity contribution is 0.153. The van der Waals surface area contributed by atoms with E-state index in [-0.39, 0.29) is 0 Å². The average Bonchev–Trinajstić information content (AvgIpc) is 2.38. The Morgan fingerprint density at radius 1 is 1.75 bits per heavy atom. The maximum absolute atomic E-state index is 5.27. The van der Waals surface area contributed by atoms with Gasteiger partial charge in [0, 0.05) is 5.41 Å². The van der Waals surface area contributed by atoms with Crippen molar-refractivity contribution < 1.29 is 4.74 Å². The van der Waals surface area contributed by atoms with Gasteiger partial charge in [0.25, 0.3) is 0 Å². The number of hydrogen-bond acceptors (Lipinski definition) is 1. The molecule has 8 heavy (non-hydrogen) atoms. The normalized spacial score (nSPS) is 51.4. The fraction of sp³-hybridized carbons (Fsp3) is 0.857. The van der Waals surface area contributed by atoms with E-state index in [1.807, 2.05) is 0 Å². The van der Waals surface area contributed by atoms with Crippen LogP contribution in [0.25, 0.3) is 0 Å². The molecule has 2 atom stereocenters. The Hall–Kier alpha value is -0.0400. The van der Waals surface area contributed by atoms with Gasteiger partial charge in [-0.3, -0.25) is 0 Å². The molecule has 45 valence electrons. The van der Waals surface area contributed by atoms with Crippen molar-refractivity contribution in [2.45, 2.75) is 13.3 Å². The van der Waals surface area contributed by atoms with Crippen molar-refractivity contribution in [3.63, 3.8) is 0 Å². The Bertz CT molecular complexity index is 107. The smallest absolute Gasteiger partial charge is 0.0528 e. The van der Waals surface area contributed by atoms with E-state index in [1.165, 1.54) is 6.42 Å². The van der Waals surface area contributed by atoms with Crippen LogP contribution in [-0.2, 0) is 4.74 Å². The van der Waals surface area contributed by atoms with Crippen molar-refractivity contribution in [1.29, 1.82) is 0 Å². The average molecular weight is 111 g/mol. The topological polar surface area (TPSA) is 9.23 Å². The summed E-state index contributed by atoms with van der Waals surface area (Å²) in [5, 5.41) is 0. The summed E-state index contributed by atoms with van der Waals surface area (Å²) < 4.78 is 5.27. The highest BCUT2D eigenvalue weighted by molar-refractivity contribution is 5.12. The van der Waals surface area contributed by atoms with Crippen molar-refractivity contribution in [2.75, 3.05) is 13.2 Å². The van der Waals surface area contributed by atoms with E-state index in [1.54, 1.807) is 0 Å². The molecule has 0 aromatic heterocycles. The minimum absolute atomic E-state index is 0.556. The molecule has 2 aliphatic rings. The quantitative estimate of drug-likeness (QED) is 0.494. The van der Waals surface area contributed by atoms with Crippen LogP contribution in [0.4, 0.5) is 0 Å². The number of fused-ring (bicyclic) bond motifs is 1. The summed E-state index contributed by atoms with van der Waals surface area (Å²) in [5.74, 6) is 0.896. The molecule has 0 aromatic rings. The summed E-state index contributed by atoms with van der Waals surface area (Å²) in [4.78, 5) is 0. The minimum atomic E-state index is 0.556. The van der Waals surface area contributed by atoms with Crippen LogP contribution in [0.3, 0.4) is 0 Å². The van der Waals surface area contributed by atoms with Crippen LogP contribution in [0.2, 0.25) is 0 Å². The van der Waals surface area contributed by atoms with E-state index in [0.29, 0.717) is 5.41 Å². The minimum Gasteiger partial charge on any atom is -0.381 e. The van der Waals surface area contributed by atoms with Gasteiger partial charge in [-0.25, -0.2) is 0 Å². The summed E-state index contributed by atoms with van der Waals surface area (Å²) in [5.41, 5.74) is 0.556.